The Morgan fingerprint density at radius 1 is 1.15 bits per heavy atom. The monoisotopic (exact) mass is 575 g/mol. The minimum absolute atomic E-state index is 0.0419. The van der Waals surface area contributed by atoms with Crippen LogP contribution in [0.3, 0.4) is 0 Å². The summed E-state index contributed by atoms with van der Waals surface area (Å²) in [7, 11) is -1.47. The number of carbonyl (C=O) groups excluding carboxylic acids is 1. The molecule has 0 radical (unpaired) electrons. The zero-order valence-corrected chi connectivity index (χ0v) is 25.2. The molecule has 9 nitrogen and oxygen atoms in total. The normalized spacial score (nSPS) is 22.2. The van der Waals surface area contributed by atoms with Gasteiger partial charge in [-0.1, -0.05) is 37.3 Å². The number of ether oxygens (including phenoxy) is 2. The number of carbonyl (C=O) groups is 1. The third-order valence-electron chi connectivity index (χ3n) is 7.14. The summed E-state index contributed by atoms with van der Waals surface area (Å²) < 4.78 is 38.8. The number of nitrogens with one attached hydrogen (secondary N) is 1. The van der Waals surface area contributed by atoms with E-state index in [0.717, 1.165) is 32.1 Å². The molecule has 1 aliphatic rings. The second-order valence-electron chi connectivity index (χ2n) is 11.1. The number of hydrogen-bond acceptors (Lipinski definition) is 7. The van der Waals surface area contributed by atoms with Gasteiger partial charge in [0.25, 0.3) is 5.91 Å². The Hall–Kier alpha value is -2.66. The van der Waals surface area contributed by atoms with Crippen LogP contribution in [0.25, 0.3) is 0 Å². The number of fused-ring (bicyclic) bond motifs is 1. The largest absolute Gasteiger partial charge is 0.490 e. The molecule has 2 aromatic rings. The Morgan fingerprint density at radius 2 is 1.88 bits per heavy atom. The summed E-state index contributed by atoms with van der Waals surface area (Å²) in [6, 6.07) is 14.5. The SMILES string of the molecule is C[C@@H]1CCCCO[C@@H](CN(C)Cc2ccccc2)[C@@H](C)CN([C@@H](C)CO)C(=O)c2cc(NS(C)(=O)=O)ccc2O1. The van der Waals surface area contributed by atoms with Crippen molar-refractivity contribution in [3.8, 4) is 5.75 Å². The van der Waals surface area contributed by atoms with Gasteiger partial charge in [0.05, 0.1) is 36.7 Å². The quantitative estimate of drug-likeness (QED) is 0.490. The fourth-order valence-electron chi connectivity index (χ4n) is 4.93. The summed E-state index contributed by atoms with van der Waals surface area (Å²) >= 11 is 0. The van der Waals surface area contributed by atoms with Gasteiger partial charge in [-0.3, -0.25) is 14.4 Å². The lowest BCUT2D eigenvalue weighted by atomic mass is 10.0. The van der Waals surface area contributed by atoms with E-state index in [1.807, 2.05) is 25.1 Å². The van der Waals surface area contributed by atoms with Crippen LogP contribution >= 0.6 is 0 Å². The van der Waals surface area contributed by atoms with Gasteiger partial charge in [-0.25, -0.2) is 8.42 Å². The van der Waals surface area contributed by atoms with Crippen LogP contribution in [-0.4, -0.2) is 87.1 Å². The lowest BCUT2D eigenvalue weighted by Gasteiger charge is -2.36. The van der Waals surface area contributed by atoms with E-state index in [1.54, 1.807) is 24.0 Å². The lowest BCUT2D eigenvalue weighted by Crippen LogP contribution is -2.47. The van der Waals surface area contributed by atoms with Crippen molar-refractivity contribution in [3.63, 3.8) is 0 Å². The van der Waals surface area contributed by atoms with Crippen LogP contribution in [0.5, 0.6) is 5.75 Å². The summed E-state index contributed by atoms with van der Waals surface area (Å²) in [5.74, 6) is 0.0210. The fraction of sp³-hybridized carbons (Fsp3) is 0.567. The van der Waals surface area contributed by atoms with Gasteiger partial charge >= 0.3 is 0 Å². The van der Waals surface area contributed by atoms with Gasteiger partial charge in [-0.05, 0) is 63.9 Å². The summed E-state index contributed by atoms with van der Waals surface area (Å²) in [5, 5.41) is 10.1. The van der Waals surface area contributed by atoms with Crippen molar-refractivity contribution in [2.75, 3.05) is 44.3 Å². The van der Waals surface area contributed by atoms with Crippen LogP contribution < -0.4 is 9.46 Å². The Labute approximate surface area is 239 Å². The molecular formula is C30H45N3O6S. The molecule has 0 aromatic heterocycles. The first-order valence-electron chi connectivity index (χ1n) is 14.0. The molecule has 0 bridgehead atoms. The lowest BCUT2D eigenvalue weighted by molar-refractivity contribution is -0.0177. The van der Waals surface area contributed by atoms with Crippen molar-refractivity contribution in [1.29, 1.82) is 0 Å². The highest BCUT2D eigenvalue weighted by atomic mass is 32.2. The Balaban J connectivity index is 1.92. The molecule has 0 saturated carbocycles. The average Bonchev–Trinajstić information content (AvgIpc) is 2.90. The molecule has 2 aromatic carbocycles. The highest BCUT2D eigenvalue weighted by molar-refractivity contribution is 7.92. The Kier molecular flexibility index (Phi) is 11.8. The summed E-state index contributed by atoms with van der Waals surface area (Å²) in [6.07, 6.45) is 3.36. The molecule has 0 saturated heterocycles. The predicted molar refractivity (Wildman–Crippen MR) is 158 cm³/mol. The van der Waals surface area contributed by atoms with Gasteiger partial charge in [0.2, 0.25) is 10.0 Å². The molecule has 1 amide bonds. The van der Waals surface area contributed by atoms with Crippen molar-refractivity contribution in [2.24, 2.45) is 5.92 Å². The molecule has 10 heteroatoms. The van der Waals surface area contributed by atoms with Crippen LogP contribution in [0.4, 0.5) is 5.69 Å². The van der Waals surface area contributed by atoms with Gasteiger partial charge < -0.3 is 19.5 Å². The molecule has 0 spiro atoms. The Bertz CT molecular complexity index is 1190. The molecule has 0 aliphatic carbocycles. The molecule has 0 fully saturated rings. The van der Waals surface area contributed by atoms with Crippen molar-refractivity contribution < 1.29 is 27.8 Å². The van der Waals surface area contributed by atoms with Gasteiger partial charge in [-0.15, -0.1) is 0 Å². The average molecular weight is 576 g/mol. The summed E-state index contributed by atoms with van der Waals surface area (Å²) in [4.78, 5) is 17.9. The highest BCUT2D eigenvalue weighted by Gasteiger charge is 2.30. The highest BCUT2D eigenvalue weighted by Crippen LogP contribution is 2.29. The molecule has 222 valence electrons. The molecule has 4 atom stereocenters. The number of aliphatic hydroxyl groups excluding tert-OH is 1. The van der Waals surface area contributed by atoms with Crippen molar-refractivity contribution in [1.82, 2.24) is 9.80 Å². The molecule has 1 aliphatic heterocycles. The van der Waals surface area contributed by atoms with E-state index in [1.165, 1.54) is 11.6 Å². The number of likely N-dealkylation sites (N-methyl/N-ethyl adjacent to an activating group) is 1. The van der Waals surface area contributed by atoms with Crippen LogP contribution in [-0.2, 0) is 21.3 Å². The predicted octanol–water partition coefficient (Wildman–Crippen LogP) is 3.99. The zero-order valence-electron chi connectivity index (χ0n) is 24.4. The maximum Gasteiger partial charge on any atom is 0.258 e. The summed E-state index contributed by atoms with van der Waals surface area (Å²) in [5.41, 5.74) is 1.75. The van der Waals surface area contributed by atoms with Gasteiger partial charge in [0.15, 0.2) is 0 Å². The van der Waals surface area contributed by atoms with Gasteiger partial charge in [-0.2, -0.15) is 0 Å². The Morgan fingerprint density at radius 3 is 2.55 bits per heavy atom. The number of benzene rings is 2. The van der Waals surface area contributed by atoms with Crippen molar-refractivity contribution in [3.05, 3.63) is 59.7 Å². The minimum Gasteiger partial charge on any atom is -0.490 e. The number of rotatable bonds is 8. The fourth-order valence-corrected chi connectivity index (χ4v) is 5.48. The van der Waals surface area contributed by atoms with E-state index in [2.05, 4.69) is 35.7 Å². The second kappa shape index (κ2) is 14.8. The van der Waals surface area contributed by atoms with Crippen LogP contribution in [0.15, 0.2) is 48.5 Å². The van der Waals surface area contributed by atoms with E-state index in [-0.39, 0.29) is 41.9 Å². The van der Waals surface area contributed by atoms with Gasteiger partial charge in [0, 0.05) is 37.8 Å². The smallest absolute Gasteiger partial charge is 0.258 e. The molecular weight excluding hydrogens is 530 g/mol. The molecule has 1 heterocycles. The maximum atomic E-state index is 14.1. The van der Waals surface area contributed by atoms with Crippen LogP contribution in [0.2, 0.25) is 0 Å². The third-order valence-corrected chi connectivity index (χ3v) is 7.75. The van der Waals surface area contributed by atoms with E-state index in [9.17, 15) is 18.3 Å². The molecule has 2 N–H and O–H groups in total. The topological polar surface area (TPSA) is 108 Å². The first-order valence-corrected chi connectivity index (χ1v) is 15.9. The molecule has 3 rings (SSSR count). The number of amides is 1. The summed E-state index contributed by atoms with van der Waals surface area (Å²) in [6.45, 7) is 8.04. The maximum absolute atomic E-state index is 14.1. The van der Waals surface area contributed by atoms with Crippen molar-refractivity contribution in [2.45, 2.75) is 64.8 Å². The number of nitrogens with zero attached hydrogens (tertiary/aromatic N) is 2. The van der Waals surface area contributed by atoms with E-state index >= 15 is 0 Å². The first kappa shape index (κ1) is 31.9. The number of aliphatic hydroxyl groups is 1. The van der Waals surface area contributed by atoms with E-state index in [4.69, 9.17) is 9.47 Å². The van der Waals surface area contributed by atoms with Crippen LogP contribution in [0.1, 0.15) is 56.0 Å². The number of hydrogen-bond donors (Lipinski definition) is 2. The second-order valence-corrected chi connectivity index (χ2v) is 12.8. The standard InChI is InChI=1S/C30H45N3O6S/c1-22-18-33(23(2)21-34)30(35)27-17-26(31-40(5,36)37)14-15-28(27)39-24(3)11-9-10-16-38-29(22)20-32(4)19-25-12-7-6-8-13-25/h6-8,12-15,17,22-24,29,31,34H,9-11,16,18-21H2,1-5H3/t22-,23-,24+,29-/m0/s1. The molecule has 40 heavy (non-hydrogen) atoms. The minimum atomic E-state index is -3.54. The van der Waals surface area contributed by atoms with Gasteiger partial charge in [0.1, 0.15) is 5.75 Å². The van der Waals surface area contributed by atoms with E-state index in [0.29, 0.717) is 25.4 Å². The first-order chi connectivity index (χ1) is 19.0. The van der Waals surface area contributed by atoms with Crippen LogP contribution in [0, 0.1) is 5.92 Å². The zero-order chi connectivity index (χ0) is 29.3. The van der Waals surface area contributed by atoms with Crippen molar-refractivity contribution >= 4 is 21.6 Å². The van der Waals surface area contributed by atoms with E-state index < -0.39 is 16.1 Å². The third kappa shape index (κ3) is 9.76. The number of sulfonamides is 1. The molecule has 0 unspecified atom stereocenters. The number of anilines is 1.